The van der Waals surface area contributed by atoms with E-state index in [1.165, 1.54) is 12.1 Å². The molecule has 1 aromatic carbocycles. The minimum atomic E-state index is -1.01. The van der Waals surface area contributed by atoms with E-state index in [9.17, 15) is 9.18 Å². The van der Waals surface area contributed by atoms with Crippen LogP contribution < -0.4 is 0 Å². The van der Waals surface area contributed by atoms with Gasteiger partial charge in [-0.05, 0) is 12.1 Å². The Morgan fingerprint density at radius 3 is 3.00 bits per heavy atom. The van der Waals surface area contributed by atoms with Crippen LogP contribution in [0.25, 0.3) is 11.5 Å². The molecule has 94 valence electrons. The Morgan fingerprint density at radius 2 is 2.28 bits per heavy atom. The second-order valence-corrected chi connectivity index (χ2v) is 4.49. The van der Waals surface area contributed by atoms with Crippen LogP contribution in [-0.4, -0.2) is 27.0 Å². The highest BCUT2D eigenvalue weighted by Gasteiger charge is 2.15. The van der Waals surface area contributed by atoms with Gasteiger partial charge in [0.25, 0.3) is 11.1 Å². The molecule has 0 fully saturated rings. The van der Waals surface area contributed by atoms with Gasteiger partial charge in [0.05, 0.1) is 10.6 Å². The standard InChI is InChI=1S/C10H6ClFN2O3S/c11-6-3-1-2-5(8(6)12)9-13-14-10(17-9)18-4-7(15)16/h1-3H,4H2,(H,15,16). The molecular weight excluding hydrogens is 283 g/mol. The van der Waals surface area contributed by atoms with Crippen molar-refractivity contribution in [1.29, 1.82) is 0 Å². The molecule has 0 amide bonds. The van der Waals surface area contributed by atoms with Gasteiger partial charge in [-0.3, -0.25) is 4.79 Å². The second kappa shape index (κ2) is 5.36. The third kappa shape index (κ3) is 2.80. The molecule has 2 rings (SSSR count). The van der Waals surface area contributed by atoms with Crippen LogP contribution in [0.5, 0.6) is 0 Å². The Labute approximate surface area is 110 Å². The summed E-state index contributed by atoms with van der Waals surface area (Å²) in [6.45, 7) is 0. The third-order valence-electron chi connectivity index (χ3n) is 1.91. The van der Waals surface area contributed by atoms with Crippen molar-refractivity contribution in [2.24, 2.45) is 0 Å². The minimum Gasteiger partial charge on any atom is -0.481 e. The van der Waals surface area contributed by atoms with Crippen LogP contribution in [0.4, 0.5) is 4.39 Å². The van der Waals surface area contributed by atoms with E-state index < -0.39 is 11.8 Å². The van der Waals surface area contributed by atoms with E-state index in [2.05, 4.69) is 10.2 Å². The van der Waals surface area contributed by atoms with E-state index in [1.54, 1.807) is 6.07 Å². The van der Waals surface area contributed by atoms with Gasteiger partial charge >= 0.3 is 5.97 Å². The lowest BCUT2D eigenvalue weighted by Crippen LogP contribution is -1.97. The number of aromatic nitrogens is 2. The van der Waals surface area contributed by atoms with Crippen molar-refractivity contribution >= 4 is 29.3 Å². The van der Waals surface area contributed by atoms with Crippen molar-refractivity contribution in [2.75, 3.05) is 5.75 Å². The van der Waals surface area contributed by atoms with Gasteiger partial charge in [-0.25, -0.2) is 4.39 Å². The average molecular weight is 289 g/mol. The number of thioether (sulfide) groups is 1. The molecule has 1 N–H and O–H groups in total. The number of halogens is 2. The zero-order chi connectivity index (χ0) is 13.1. The van der Waals surface area contributed by atoms with Crippen molar-refractivity contribution in [2.45, 2.75) is 5.22 Å². The van der Waals surface area contributed by atoms with E-state index in [1.807, 2.05) is 0 Å². The molecule has 0 aliphatic rings. The lowest BCUT2D eigenvalue weighted by atomic mass is 10.2. The van der Waals surface area contributed by atoms with Crippen molar-refractivity contribution < 1.29 is 18.7 Å². The first-order valence-electron chi connectivity index (χ1n) is 4.70. The van der Waals surface area contributed by atoms with Crippen LogP contribution in [0.2, 0.25) is 5.02 Å². The van der Waals surface area contributed by atoms with Crippen molar-refractivity contribution in [3.05, 3.63) is 29.0 Å². The second-order valence-electron chi connectivity index (χ2n) is 3.16. The van der Waals surface area contributed by atoms with Gasteiger partial charge in [-0.15, -0.1) is 10.2 Å². The fraction of sp³-hybridized carbons (Fsp3) is 0.100. The SMILES string of the molecule is O=C(O)CSc1nnc(-c2cccc(Cl)c2F)o1. The molecule has 0 aliphatic carbocycles. The van der Waals surface area contributed by atoms with Crippen molar-refractivity contribution in [3.8, 4) is 11.5 Å². The van der Waals surface area contributed by atoms with Gasteiger partial charge in [0.2, 0.25) is 0 Å². The molecule has 0 bridgehead atoms. The molecule has 18 heavy (non-hydrogen) atoms. The van der Waals surface area contributed by atoms with Gasteiger partial charge in [-0.2, -0.15) is 0 Å². The number of rotatable bonds is 4. The molecular formula is C10H6ClFN2O3S. The molecule has 1 heterocycles. The summed E-state index contributed by atoms with van der Waals surface area (Å²) in [7, 11) is 0. The molecule has 5 nitrogen and oxygen atoms in total. The minimum absolute atomic E-state index is 0.0390. The summed E-state index contributed by atoms with van der Waals surface area (Å²) in [5.74, 6) is -1.91. The Kier molecular flexibility index (Phi) is 3.83. The quantitative estimate of drug-likeness (QED) is 0.872. The van der Waals surface area contributed by atoms with Crippen LogP contribution >= 0.6 is 23.4 Å². The normalized spacial score (nSPS) is 10.6. The first-order chi connectivity index (χ1) is 8.58. The zero-order valence-corrected chi connectivity index (χ0v) is 10.3. The van der Waals surface area contributed by atoms with Crippen LogP contribution in [0.3, 0.4) is 0 Å². The number of carboxylic acids is 1. The highest BCUT2D eigenvalue weighted by molar-refractivity contribution is 7.99. The Bertz CT molecular complexity index is 590. The van der Waals surface area contributed by atoms with E-state index in [4.69, 9.17) is 21.1 Å². The van der Waals surface area contributed by atoms with E-state index in [0.29, 0.717) is 0 Å². The van der Waals surface area contributed by atoms with Crippen LogP contribution in [0, 0.1) is 5.82 Å². The topological polar surface area (TPSA) is 76.2 Å². The number of benzene rings is 1. The van der Waals surface area contributed by atoms with E-state index >= 15 is 0 Å². The van der Waals surface area contributed by atoms with E-state index in [0.717, 1.165) is 11.8 Å². The molecule has 0 saturated carbocycles. The fourth-order valence-electron chi connectivity index (χ4n) is 1.17. The van der Waals surface area contributed by atoms with Gasteiger partial charge in [0, 0.05) is 0 Å². The summed E-state index contributed by atoms with van der Waals surface area (Å²) in [5.41, 5.74) is 0.0807. The molecule has 1 aromatic heterocycles. The Hall–Kier alpha value is -1.60. The molecule has 0 aliphatic heterocycles. The highest BCUT2D eigenvalue weighted by Crippen LogP contribution is 2.28. The zero-order valence-electron chi connectivity index (χ0n) is 8.76. The maximum absolute atomic E-state index is 13.7. The summed E-state index contributed by atoms with van der Waals surface area (Å²) >= 11 is 6.48. The maximum Gasteiger partial charge on any atom is 0.314 e. The number of carbonyl (C=O) groups is 1. The first-order valence-corrected chi connectivity index (χ1v) is 6.07. The largest absolute Gasteiger partial charge is 0.481 e. The lowest BCUT2D eigenvalue weighted by molar-refractivity contribution is -0.133. The Balaban J connectivity index is 2.24. The molecule has 0 atom stereocenters. The Morgan fingerprint density at radius 1 is 1.50 bits per heavy atom. The van der Waals surface area contributed by atoms with Crippen molar-refractivity contribution in [1.82, 2.24) is 10.2 Å². The summed E-state index contributed by atoms with van der Waals surface area (Å²) in [5, 5.41) is 15.7. The van der Waals surface area contributed by atoms with Crippen LogP contribution in [0.1, 0.15) is 0 Å². The first kappa shape index (κ1) is 12.8. The molecule has 0 spiro atoms. The number of carboxylic acid groups (broad SMARTS) is 1. The summed E-state index contributed by atoms with van der Waals surface area (Å²) in [6.07, 6.45) is 0. The molecule has 0 unspecified atom stereocenters. The summed E-state index contributed by atoms with van der Waals surface area (Å²) in [6, 6.07) is 4.40. The molecule has 2 aromatic rings. The number of hydrogen-bond acceptors (Lipinski definition) is 5. The fourth-order valence-corrected chi connectivity index (χ4v) is 1.83. The van der Waals surface area contributed by atoms with Crippen LogP contribution in [0.15, 0.2) is 27.8 Å². The number of aliphatic carboxylic acids is 1. The number of hydrogen-bond donors (Lipinski definition) is 1. The predicted molar refractivity (Wildman–Crippen MR) is 63.1 cm³/mol. The summed E-state index contributed by atoms with van der Waals surface area (Å²) < 4.78 is 18.8. The maximum atomic E-state index is 13.7. The third-order valence-corrected chi connectivity index (χ3v) is 3.00. The lowest BCUT2D eigenvalue weighted by Gasteiger charge is -1.98. The van der Waals surface area contributed by atoms with Crippen molar-refractivity contribution in [3.63, 3.8) is 0 Å². The average Bonchev–Trinajstić information content (AvgIpc) is 2.78. The van der Waals surface area contributed by atoms with Gasteiger partial charge in [0.1, 0.15) is 5.75 Å². The summed E-state index contributed by atoms with van der Waals surface area (Å²) in [4.78, 5) is 10.4. The molecule has 0 saturated heterocycles. The van der Waals surface area contributed by atoms with Gasteiger partial charge in [0.15, 0.2) is 5.82 Å². The monoisotopic (exact) mass is 288 g/mol. The predicted octanol–water partition coefficient (Wildman–Crippen LogP) is 2.71. The smallest absolute Gasteiger partial charge is 0.314 e. The number of nitrogens with zero attached hydrogens (tertiary/aromatic N) is 2. The van der Waals surface area contributed by atoms with Gasteiger partial charge < -0.3 is 9.52 Å². The van der Waals surface area contributed by atoms with Crippen LogP contribution in [-0.2, 0) is 4.79 Å². The highest BCUT2D eigenvalue weighted by atomic mass is 35.5. The van der Waals surface area contributed by atoms with Gasteiger partial charge in [-0.1, -0.05) is 29.4 Å². The molecule has 8 heteroatoms. The van der Waals surface area contributed by atoms with E-state index in [-0.39, 0.29) is 27.5 Å². The molecule has 0 radical (unpaired) electrons.